The number of carboxylic acids is 1. The molecule has 0 fully saturated rings. The van der Waals surface area contributed by atoms with Gasteiger partial charge in [0.25, 0.3) is 5.91 Å². The van der Waals surface area contributed by atoms with E-state index in [2.05, 4.69) is 10.1 Å². The largest absolute Gasteiger partial charge is 0.480 e. The highest BCUT2D eigenvalue weighted by molar-refractivity contribution is 5.99. The van der Waals surface area contributed by atoms with Crippen LogP contribution in [0.25, 0.3) is 10.8 Å². The van der Waals surface area contributed by atoms with Crippen LogP contribution in [0.15, 0.2) is 66.7 Å². The molecule has 28 heavy (non-hydrogen) atoms. The summed E-state index contributed by atoms with van der Waals surface area (Å²) >= 11 is 0. The summed E-state index contributed by atoms with van der Waals surface area (Å²) < 4.78 is 4.64. The first kappa shape index (κ1) is 19.1. The number of rotatable bonds is 6. The van der Waals surface area contributed by atoms with Crippen LogP contribution in [0, 0.1) is 0 Å². The number of carboxylic acid groups (broad SMARTS) is 1. The topological polar surface area (TPSA) is 92.7 Å². The lowest BCUT2D eigenvalue weighted by Gasteiger charge is -2.15. The van der Waals surface area contributed by atoms with Crippen molar-refractivity contribution in [2.75, 3.05) is 7.11 Å². The fourth-order valence-electron chi connectivity index (χ4n) is 2.95. The quantitative estimate of drug-likeness (QED) is 0.644. The van der Waals surface area contributed by atoms with E-state index in [1.54, 1.807) is 6.07 Å². The Morgan fingerprint density at radius 2 is 1.64 bits per heavy atom. The predicted molar refractivity (Wildman–Crippen MR) is 104 cm³/mol. The molecule has 0 heterocycles. The van der Waals surface area contributed by atoms with Gasteiger partial charge in [0, 0.05) is 12.0 Å². The summed E-state index contributed by atoms with van der Waals surface area (Å²) in [4.78, 5) is 35.8. The van der Waals surface area contributed by atoms with Crippen molar-refractivity contribution in [1.29, 1.82) is 0 Å². The molecule has 0 bridgehead atoms. The van der Waals surface area contributed by atoms with Gasteiger partial charge in [0.1, 0.15) is 6.04 Å². The molecule has 6 heteroatoms. The molecule has 0 radical (unpaired) electrons. The van der Waals surface area contributed by atoms with Crippen LogP contribution in [-0.2, 0) is 16.0 Å². The minimum atomic E-state index is -1.13. The van der Waals surface area contributed by atoms with E-state index in [0.29, 0.717) is 0 Å². The molecule has 0 aliphatic rings. The van der Waals surface area contributed by atoms with Gasteiger partial charge < -0.3 is 15.2 Å². The molecule has 0 saturated heterocycles. The van der Waals surface area contributed by atoms with E-state index < -0.39 is 23.9 Å². The number of hydrogen-bond acceptors (Lipinski definition) is 4. The fourth-order valence-corrected chi connectivity index (χ4v) is 2.95. The first-order valence-corrected chi connectivity index (χ1v) is 8.67. The number of ether oxygens (including phenoxy) is 1. The molecule has 2 N–H and O–H groups in total. The number of hydrogen-bond donors (Lipinski definition) is 2. The Balaban J connectivity index is 1.78. The summed E-state index contributed by atoms with van der Waals surface area (Å²) in [6.45, 7) is 0. The van der Waals surface area contributed by atoms with Crippen molar-refractivity contribution in [2.24, 2.45) is 0 Å². The van der Waals surface area contributed by atoms with Gasteiger partial charge in [0.15, 0.2) is 0 Å². The Bertz CT molecular complexity index is 1040. The van der Waals surface area contributed by atoms with E-state index in [1.165, 1.54) is 25.3 Å². The van der Waals surface area contributed by atoms with Crippen molar-refractivity contribution in [3.8, 4) is 0 Å². The van der Waals surface area contributed by atoms with Crippen LogP contribution in [0.1, 0.15) is 26.3 Å². The van der Waals surface area contributed by atoms with Gasteiger partial charge >= 0.3 is 11.9 Å². The normalized spacial score (nSPS) is 11.6. The van der Waals surface area contributed by atoms with Crippen LogP contribution < -0.4 is 5.32 Å². The predicted octanol–water partition coefficient (Wildman–Crippen LogP) is 3.05. The van der Waals surface area contributed by atoms with E-state index >= 15 is 0 Å². The number of esters is 1. The number of aliphatic carboxylic acids is 1. The van der Waals surface area contributed by atoms with Crippen molar-refractivity contribution in [3.63, 3.8) is 0 Å². The van der Waals surface area contributed by atoms with Crippen LogP contribution in [0.2, 0.25) is 0 Å². The molecule has 0 aromatic heterocycles. The SMILES string of the molecule is COC(=O)c1cccc(C(=O)N[C@@H](Cc2ccc3ccccc3c2)C(=O)O)c1. The van der Waals surface area contributed by atoms with Gasteiger partial charge in [-0.25, -0.2) is 9.59 Å². The lowest BCUT2D eigenvalue weighted by atomic mass is 10.0. The fraction of sp³-hybridized carbons (Fsp3) is 0.136. The van der Waals surface area contributed by atoms with Crippen molar-refractivity contribution < 1.29 is 24.2 Å². The number of fused-ring (bicyclic) bond motifs is 1. The first-order valence-electron chi connectivity index (χ1n) is 8.67. The summed E-state index contributed by atoms with van der Waals surface area (Å²) in [5.74, 6) is -2.27. The molecule has 3 aromatic rings. The Hall–Kier alpha value is -3.67. The monoisotopic (exact) mass is 377 g/mol. The molecule has 0 saturated carbocycles. The maximum atomic E-state index is 12.5. The van der Waals surface area contributed by atoms with Gasteiger partial charge in [-0.1, -0.05) is 48.5 Å². The standard InChI is InChI=1S/C22H19NO5/c1-28-22(27)18-8-4-7-17(13-18)20(24)23-19(21(25)26)12-14-9-10-15-5-2-3-6-16(15)11-14/h2-11,13,19H,12H2,1H3,(H,23,24)(H,25,26)/t19-/m0/s1. The molecule has 0 unspecified atom stereocenters. The molecule has 0 aliphatic carbocycles. The second-order valence-corrected chi connectivity index (χ2v) is 6.32. The summed E-state index contributed by atoms with van der Waals surface area (Å²) in [7, 11) is 1.25. The molecular formula is C22H19NO5. The highest BCUT2D eigenvalue weighted by Gasteiger charge is 2.22. The van der Waals surface area contributed by atoms with Crippen LogP contribution in [0.4, 0.5) is 0 Å². The van der Waals surface area contributed by atoms with Crippen LogP contribution in [0.5, 0.6) is 0 Å². The Morgan fingerprint density at radius 1 is 0.929 bits per heavy atom. The van der Waals surface area contributed by atoms with Gasteiger partial charge in [0.05, 0.1) is 12.7 Å². The second kappa shape index (κ2) is 8.35. The van der Waals surface area contributed by atoms with Gasteiger partial charge in [-0.15, -0.1) is 0 Å². The number of amides is 1. The lowest BCUT2D eigenvalue weighted by molar-refractivity contribution is -0.139. The zero-order valence-corrected chi connectivity index (χ0v) is 15.2. The van der Waals surface area contributed by atoms with Crippen molar-refractivity contribution in [2.45, 2.75) is 12.5 Å². The second-order valence-electron chi connectivity index (χ2n) is 6.32. The minimum absolute atomic E-state index is 0.141. The van der Waals surface area contributed by atoms with Crippen molar-refractivity contribution in [3.05, 3.63) is 83.4 Å². The maximum absolute atomic E-state index is 12.5. The van der Waals surface area contributed by atoms with Gasteiger partial charge in [-0.3, -0.25) is 4.79 Å². The Morgan fingerprint density at radius 3 is 2.36 bits per heavy atom. The molecular weight excluding hydrogens is 358 g/mol. The summed E-state index contributed by atoms with van der Waals surface area (Å²) in [6.07, 6.45) is 0.141. The first-order chi connectivity index (χ1) is 13.5. The number of methoxy groups -OCH3 is 1. The molecule has 6 nitrogen and oxygen atoms in total. The third kappa shape index (κ3) is 4.35. The van der Waals surface area contributed by atoms with E-state index in [-0.39, 0.29) is 17.5 Å². The van der Waals surface area contributed by atoms with E-state index in [0.717, 1.165) is 16.3 Å². The van der Waals surface area contributed by atoms with Crippen LogP contribution >= 0.6 is 0 Å². The van der Waals surface area contributed by atoms with Crippen LogP contribution in [-0.4, -0.2) is 36.1 Å². The zero-order chi connectivity index (χ0) is 20.1. The van der Waals surface area contributed by atoms with Gasteiger partial charge in [-0.2, -0.15) is 0 Å². The molecule has 0 aliphatic heterocycles. The Kier molecular flexibility index (Phi) is 5.69. The maximum Gasteiger partial charge on any atom is 0.337 e. The molecule has 3 rings (SSSR count). The number of carbonyl (C=O) groups excluding carboxylic acids is 2. The van der Waals surface area contributed by atoms with E-state index in [1.807, 2.05) is 42.5 Å². The summed E-state index contributed by atoms with van der Waals surface area (Å²) in [6, 6.07) is 18.3. The van der Waals surface area contributed by atoms with E-state index in [4.69, 9.17) is 0 Å². The van der Waals surface area contributed by atoms with Crippen molar-refractivity contribution >= 4 is 28.6 Å². The van der Waals surface area contributed by atoms with Crippen LogP contribution in [0.3, 0.4) is 0 Å². The molecule has 3 aromatic carbocycles. The van der Waals surface area contributed by atoms with E-state index in [9.17, 15) is 19.5 Å². The molecule has 1 atom stereocenters. The Labute approximate surface area is 161 Å². The average molecular weight is 377 g/mol. The number of nitrogens with one attached hydrogen (secondary N) is 1. The van der Waals surface area contributed by atoms with Gasteiger partial charge in [0.2, 0.25) is 0 Å². The van der Waals surface area contributed by atoms with Gasteiger partial charge in [-0.05, 0) is 34.5 Å². The summed E-state index contributed by atoms with van der Waals surface area (Å²) in [5.41, 5.74) is 1.21. The molecule has 1 amide bonds. The number of carbonyl (C=O) groups is 3. The zero-order valence-electron chi connectivity index (χ0n) is 15.2. The lowest BCUT2D eigenvalue weighted by Crippen LogP contribution is -2.42. The summed E-state index contributed by atoms with van der Waals surface area (Å²) in [5, 5.41) is 14.1. The molecule has 142 valence electrons. The smallest absolute Gasteiger partial charge is 0.337 e. The number of benzene rings is 3. The molecule has 0 spiro atoms. The third-order valence-electron chi connectivity index (χ3n) is 4.40. The average Bonchev–Trinajstić information content (AvgIpc) is 2.72. The highest BCUT2D eigenvalue weighted by Crippen LogP contribution is 2.17. The minimum Gasteiger partial charge on any atom is -0.480 e. The van der Waals surface area contributed by atoms with Crippen molar-refractivity contribution in [1.82, 2.24) is 5.32 Å². The highest BCUT2D eigenvalue weighted by atomic mass is 16.5. The third-order valence-corrected chi connectivity index (χ3v) is 4.40.